The second kappa shape index (κ2) is 18.2. The van der Waals surface area contributed by atoms with Gasteiger partial charge in [0.1, 0.15) is 0 Å². The minimum atomic E-state index is -1.08. The van der Waals surface area contributed by atoms with E-state index in [1.165, 1.54) is 109 Å². The van der Waals surface area contributed by atoms with Gasteiger partial charge in [0.15, 0.2) is 0 Å². The molecule has 0 aromatic rings. The Labute approximate surface area is 157 Å². The van der Waals surface area contributed by atoms with Crippen LogP contribution in [0.25, 0.3) is 0 Å². The molecule has 0 radical (unpaired) electrons. The van der Waals surface area contributed by atoms with Gasteiger partial charge >= 0.3 is 0 Å². The number of carboxylic acid groups (broad SMARTS) is 1. The largest absolute Gasteiger partial charge is 0.550 e. The minimum Gasteiger partial charge on any atom is -0.550 e. The molecule has 1 aliphatic rings. The Hall–Kier alpha value is -0.570. The molecule has 150 valence electrons. The zero-order chi connectivity index (χ0) is 18.8. The highest BCUT2D eigenvalue weighted by Gasteiger charge is 2.26. The highest BCUT2D eigenvalue weighted by molar-refractivity contribution is 5.60. The summed E-state index contributed by atoms with van der Waals surface area (Å²) in [5, 5.41) is 8.89. The molecule has 3 heteroatoms. The van der Waals surface area contributed by atoms with E-state index < -0.39 is 5.97 Å². The van der Waals surface area contributed by atoms with Gasteiger partial charge in [-0.25, -0.2) is 0 Å². The van der Waals surface area contributed by atoms with Gasteiger partial charge in [0, 0.05) is 18.8 Å². The molecule has 1 N–H and O–H groups in total. The molecule has 1 saturated heterocycles. The van der Waals surface area contributed by atoms with Crippen LogP contribution >= 0.6 is 0 Å². The Bertz CT molecular complexity index is 290. The van der Waals surface area contributed by atoms with Crippen LogP contribution in [0, 0.1) is 0 Å². The third-order valence-corrected chi connectivity index (χ3v) is 5.39. The fraction of sp³-hybridized carbons (Fsp3) is 0.955. The summed E-state index contributed by atoms with van der Waals surface area (Å²) in [7, 11) is 0. The third-order valence-electron chi connectivity index (χ3n) is 5.39. The van der Waals surface area contributed by atoms with Gasteiger partial charge in [-0.2, -0.15) is 0 Å². The van der Waals surface area contributed by atoms with Crippen molar-refractivity contribution in [3.63, 3.8) is 0 Å². The minimum absolute atomic E-state index is 0.972. The number of unbranched alkanes of at least 4 members (excludes halogenated alkanes) is 10. The molecule has 1 heterocycles. The Kier molecular flexibility index (Phi) is 17.8. The van der Waals surface area contributed by atoms with Crippen molar-refractivity contribution in [2.24, 2.45) is 0 Å². The average molecular weight is 356 g/mol. The second-order valence-electron chi connectivity index (χ2n) is 7.81. The van der Waals surface area contributed by atoms with Crippen LogP contribution in [-0.2, 0) is 4.79 Å². The molecule has 0 bridgehead atoms. The molecule has 0 aromatic carbocycles. The van der Waals surface area contributed by atoms with E-state index in [0.29, 0.717) is 0 Å². The zero-order valence-electron chi connectivity index (χ0n) is 17.4. The number of carbonyl (C=O) groups excluding carboxylic acids is 1. The van der Waals surface area contributed by atoms with E-state index in [0.717, 1.165) is 13.0 Å². The summed E-state index contributed by atoms with van der Waals surface area (Å²) in [4.78, 5) is 10.8. The zero-order valence-corrected chi connectivity index (χ0v) is 17.4. The number of hydrogen-bond donors (Lipinski definition) is 1. The van der Waals surface area contributed by atoms with E-state index in [-0.39, 0.29) is 0 Å². The summed E-state index contributed by atoms with van der Waals surface area (Å²) in [6.07, 6.45) is 22.0. The van der Waals surface area contributed by atoms with E-state index in [2.05, 4.69) is 13.8 Å². The summed E-state index contributed by atoms with van der Waals surface area (Å²) in [5.41, 5.74) is 0. The molecule has 0 aromatic heterocycles. The number of quaternary nitrogens is 1. The Morgan fingerprint density at radius 3 is 1.88 bits per heavy atom. The van der Waals surface area contributed by atoms with E-state index in [1.54, 1.807) is 0 Å². The van der Waals surface area contributed by atoms with E-state index in [9.17, 15) is 0 Å². The molecule has 2 atom stereocenters. The maximum atomic E-state index is 8.89. The van der Waals surface area contributed by atoms with Crippen LogP contribution in [0.4, 0.5) is 0 Å². The van der Waals surface area contributed by atoms with Crippen molar-refractivity contribution < 1.29 is 14.8 Å². The summed E-state index contributed by atoms with van der Waals surface area (Å²) >= 11 is 0. The third kappa shape index (κ3) is 16.6. The second-order valence-corrected chi connectivity index (χ2v) is 7.81. The van der Waals surface area contributed by atoms with Gasteiger partial charge in [0.2, 0.25) is 0 Å². The van der Waals surface area contributed by atoms with Gasteiger partial charge in [0.05, 0.1) is 19.1 Å². The van der Waals surface area contributed by atoms with Crippen LogP contribution in [0.5, 0.6) is 0 Å². The van der Waals surface area contributed by atoms with Crippen LogP contribution in [0.1, 0.15) is 117 Å². The maximum Gasteiger partial charge on any atom is 0.0876 e. The Balaban J connectivity index is 0.00000129. The lowest BCUT2D eigenvalue weighted by Gasteiger charge is -2.21. The van der Waals surface area contributed by atoms with Crippen LogP contribution in [0.3, 0.4) is 0 Å². The van der Waals surface area contributed by atoms with Crippen LogP contribution in [0.2, 0.25) is 0 Å². The van der Waals surface area contributed by atoms with E-state index >= 15 is 0 Å². The lowest BCUT2D eigenvalue weighted by molar-refractivity contribution is -0.912. The smallest absolute Gasteiger partial charge is 0.0876 e. The molecule has 0 amide bonds. The SMILES string of the molecule is CC(=O)[O-].CCCCCCCCCCCC[NH+]1CCCC1CCCC. The Morgan fingerprint density at radius 2 is 1.36 bits per heavy atom. The number of carboxylic acids is 1. The first kappa shape index (κ1) is 24.4. The number of likely N-dealkylation sites (tertiary alicyclic amines) is 1. The van der Waals surface area contributed by atoms with Crippen molar-refractivity contribution >= 4 is 5.97 Å². The fourth-order valence-electron chi connectivity index (χ4n) is 3.95. The first-order valence-corrected chi connectivity index (χ1v) is 11.1. The summed E-state index contributed by atoms with van der Waals surface area (Å²) in [6.45, 7) is 8.53. The lowest BCUT2D eigenvalue weighted by atomic mass is 10.1. The summed E-state index contributed by atoms with van der Waals surface area (Å²) in [6, 6.07) is 1.02. The van der Waals surface area contributed by atoms with Crippen molar-refractivity contribution in [1.29, 1.82) is 0 Å². The first-order chi connectivity index (χ1) is 12.1. The van der Waals surface area contributed by atoms with Gasteiger partial charge in [0.25, 0.3) is 0 Å². The summed E-state index contributed by atoms with van der Waals surface area (Å²) in [5.74, 6) is -1.08. The van der Waals surface area contributed by atoms with Gasteiger partial charge in [-0.1, -0.05) is 71.6 Å². The number of carbonyl (C=O) groups is 1. The number of aliphatic carboxylic acids is 1. The molecule has 0 spiro atoms. The van der Waals surface area contributed by atoms with Gasteiger partial charge in [-0.3, -0.25) is 0 Å². The average Bonchev–Trinajstić information content (AvgIpc) is 3.01. The quantitative estimate of drug-likeness (QED) is 0.480. The van der Waals surface area contributed by atoms with Crippen molar-refractivity contribution in [1.82, 2.24) is 0 Å². The topological polar surface area (TPSA) is 44.6 Å². The molecule has 1 aliphatic heterocycles. The lowest BCUT2D eigenvalue weighted by Crippen LogP contribution is -3.13. The molecular weight excluding hydrogens is 310 g/mol. The van der Waals surface area contributed by atoms with Crippen LogP contribution in [-0.4, -0.2) is 25.1 Å². The van der Waals surface area contributed by atoms with Gasteiger partial charge in [-0.05, 0) is 32.6 Å². The van der Waals surface area contributed by atoms with Crippen molar-refractivity contribution in [2.75, 3.05) is 13.1 Å². The van der Waals surface area contributed by atoms with E-state index in [1.807, 2.05) is 4.90 Å². The first-order valence-electron chi connectivity index (χ1n) is 11.1. The normalized spacial score (nSPS) is 19.5. The highest BCUT2D eigenvalue weighted by Crippen LogP contribution is 2.11. The number of rotatable bonds is 14. The molecule has 0 aliphatic carbocycles. The molecule has 1 rings (SSSR count). The van der Waals surface area contributed by atoms with Gasteiger partial charge in [-0.15, -0.1) is 0 Å². The predicted molar refractivity (Wildman–Crippen MR) is 106 cm³/mol. The predicted octanol–water partition coefficient (Wildman–Crippen LogP) is 3.90. The molecule has 25 heavy (non-hydrogen) atoms. The maximum absolute atomic E-state index is 8.89. The van der Waals surface area contributed by atoms with Crippen molar-refractivity contribution in [2.45, 2.75) is 123 Å². The van der Waals surface area contributed by atoms with E-state index in [4.69, 9.17) is 9.90 Å². The summed E-state index contributed by atoms with van der Waals surface area (Å²) < 4.78 is 0. The number of hydrogen-bond acceptors (Lipinski definition) is 2. The fourth-order valence-corrected chi connectivity index (χ4v) is 3.95. The molecule has 3 nitrogen and oxygen atoms in total. The highest BCUT2D eigenvalue weighted by atomic mass is 16.4. The van der Waals surface area contributed by atoms with Crippen molar-refractivity contribution in [3.8, 4) is 0 Å². The van der Waals surface area contributed by atoms with Gasteiger partial charge < -0.3 is 14.8 Å². The molecule has 1 fully saturated rings. The van der Waals surface area contributed by atoms with Crippen LogP contribution in [0.15, 0.2) is 0 Å². The molecule has 2 unspecified atom stereocenters. The van der Waals surface area contributed by atoms with Crippen LogP contribution < -0.4 is 10.0 Å². The van der Waals surface area contributed by atoms with Crippen molar-refractivity contribution in [3.05, 3.63) is 0 Å². The monoisotopic (exact) mass is 355 g/mol. The Morgan fingerprint density at radius 1 is 0.880 bits per heavy atom. The standard InChI is InChI=1S/C20H41N.C2H4O2/c1-3-5-7-8-9-10-11-12-13-14-18-21-19-15-17-20(21)16-6-4-2;1-2(3)4/h20H,3-19H2,1-2H3;1H3,(H,3,4). The molecule has 0 saturated carbocycles. The number of nitrogens with one attached hydrogen (secondary N) is 1. The molecular formula is C22H45NO2.